The number of para-hydroxylation sites is 1. The Morgan fingerprint density at radius 3 is 2.45 bits per heavy atom. The van der Waals surface area contributed by atoms with Gasteiger partial charge in [0, 0.05) is 68.1 Å². The highest BCUT2D eigenvalue weighted by atomic mass is 16.2. The maximum Gasteiger partial charge on any atom is 0.255 e. The first-order valence-electron chi connectivity index (χ1n) is 11.2. The number of benzene rings is 1. The van der Waals surface area contributed by atoms with Gasteiger partial charge in [0.1, 0.15) is 0 Å². The minimum atomic E-state index is 0.127. The lowest BCUT2D eigenvalue weighted by atomic mass is 10.0. The maximum atomic E-state index is 13.3. The van der Waals surface area contributed by atoms with Gasteiger partial charge >= 0.3 is 0 Å². The average molecular weight is 417 g/mol. The minimum Gasteiger partial charge on any atom is -0.339 e. The molecule has 4 rings (SSSR count). The number of carbonyl (C=O) groups is 1. The molecule has 2 aromatic heterocycles. The molecule has 0 spiro atoms. The fourth-order valence-electron chi connectivity index (χ4n) is 4.66. The predicted molar refractivity (Wildman–Crippen MR) is 125 cm³/mol. The van der Waals surface area contributed by atoms with Crippen LogP contribution < -0.4 is 0 Å². The van der Waals surface area contributed by atoms with Crippen LogP contribution in [0, 0.1) is 13.8 Å². The topological polar surface area (TPSA) is 41.4 Å². The smallest absolute Gasteiger partial charge is 0.255 e. The Balaban J connectivity index is 1.37. The largest absolute Gasteiger partial charge is 0.339 e. The van der Waals surface area contributed by atoms with Crippen LogP contribution >= 0.6 is 0 Å². The molecule has 1 aliphatic rings. The first-order chi connectivity index (χ1) is 15.0. The third-order valence-electron chi connectivity index (χ3n) is 6.51. The predicted octanol–water partition coefficient (Wildman–Crippen LogP) is 4.27. The summed E-state index contributed by atoms with van der Waals surface area (Å²) >= 11 is 0. The van der Waals surface area contributed by atoms with E-state index in [0.29, 0.717) is 6.04 Å². The van der Waals surface area contributed by atoms with Crippen LogP contribution in [0.3, 0.4) is 0 Å². The van der Waals surface area contributed by atoms with Crippen LogP contribution in [0.1, 0.15) is 40.3 Å². The van der Waals surface area contributed by atoms with Crippen LogP contribution in [0.15, 0.2) is 60.8 Å². The highest BCUT2D eigenvalue weighted by Gasteiger charge is 2.28. The average Bonchev–Trinajstić information content (AvgIpc) is 3.12. The van der Waals surface area contributed by atoms with Crippen molar-refractivity contribution in [2.75, 3.05) is 26.7 Å². The van der Waals surface area contributed by atoms with E-state index >= 15 is 0 Å². The van der Waals surface area contributed by atoms with Gasteiger partial charge in [-0.15, -0.1) is 0 Å². The summed E-state index contributed by atoms with van der Waals surface area (Å²) in [5, 5.41) is 0. The van der Waals surface area contributed by atoms with Gasteiger partial charge in [-0.2, -0.15) is 0 Å². The normalized spacial score (nSPS) is 15.2. The molecule has 5 heteroatoms. The molecule has 31 heavy (non-hydrogen) atoms. The molecule has 1 aromatic carbocycles. The Kier molecular flexibility index (Phi) is 6.52. The van der Waals surface area contributed by atoms with Crippen molar-refractivity contribution in [2.45, 2.75) is 39.2 Å². The lowest BCUT2D eigenvalue weighted by molar-refractivity contribution is 0.0642. The molecule has 0 unspecified atom stereocenters. The van der Waals surface area contributed by atoms with Crippen LogP contribution in [-0.4, -0.2) is 58.0 Å². The van der Waals surface area contributed by atoms with Gasteiger partial charge < -0.3 is 14.4 Å². The van der Waals surface area contributed by atoms with E-state index in [1.807, 2.05) is 61.5 Å². The van der Waals surface area contributed by atoms with Crippen molar-refractivity contribution in [2.24, 2.45) is 0 Å². The van der Waals surface area contributed by atoms with Crippen molar-refractivity contribution in [3.8, 4) is 5.69 Å². The molecule has 1 amide bonds. The summed E-state index contributed by atoms with van der Waals surface area (Å²) in [6.07, 6.45) is 4.87. The SMILES string of the molecule is Cc1cc(C(=O)N(C)C2CCN(CCc3ccccn3)CC2)c(C)n1-c1ccccc1. The fourth-order valence-corrected chi connectivity index (χ4v) is 4.66. The molecular formula is C26H32N4O. The molecule has 3 heterocycles. The zero-order valence-corrected chi connectivity index (χ0v) is 18.8. The summed E-state index contributed by atoms with van der Waals surface area (Å²) in [5.74, 6) is 0.127. The van der Waals surface area contributed by atoms with Crippen molar-refractivity contribution in [3.63, 3.8) is 0 Å². The Labute approximate surface area is 185 Å². The lowest BCUT2D eigenvalue weighted by Crippen LogP contribution is -2.46. The summed E-state index contributed by atoms with van der Waals surface area (Å²) < 4.78 is 2.17. The zero-order valence-electron chi connectivity index (χ0n) is 18.8. The van der Waals surface area contributed by atoms with Gasteiger partial charge in [0.15, 0.2) is 0 Å². The number of rotatable bonds is 6. The quantitative estimate of drug-likeness (QED) is 0.603. The van der Waals surface area contributed by atoms with E-state index in [1.165, 1.54) is 0 Å². The number of pyridine rings is 1. The second-order valence-corrected chi connectivity index (χ2v) is 8.52. The molecule has 1 saturated heterocycles. The molecule has 3 aromatic rings. The molecular weight excluding hydrogens is 384 g/mol. The number of aryl methyl sites for hydroxylation is 1. The molecule has 0 aliphatic carbocycles. The van der Waals surface area contributed by atoms with E-state index in [9.17, 15) is 4.79 Å². The molecule has 0 N–H and O–H groups in total. The number of piperidine rings is 1. The summed E-state index contributed by atoms with van der Waals surface area (Å²) in [4.78, 5) is 22.2. The summed E-state index contributed by atoms with van der Waals surface area (Å²) in [5.41, 5.74) is 5.14. The number of aromatic nitrogens is 2. The van der Waals surface area contributed by atoms with E-state index < -0.39 is 0 Å². The maximum absolute atomic E-state index is 13.3. The zero-order chi connectivity index (χ0) is 21.8. The Morgan fingerprint density at radius 2 is 1.77 bits per heavy atom. The van der Waals surface area contributed by atoms with Crippen molar-refractivity contribution in [3.05, 3.63) is 83.4 Å². The molecule has 0 saturated carbocycles. The number of amides is 1. The Hall–Kier alpha value is -2.92. The summed E-state index contributed by atoms with van der Waals surface area (Å²) in [6, 6.07) is 18.7. The minimum absolute atomic E-state index is 0.127. The van der Waals surface area contributed by atoms with Crippen LogP contribution in [0.4, 0.5) is 0 Å². The lowest BCUT2D eigenvalue weighted by Gasteiger charge is -2.36. The fraction of sp³-hybridized carbons (Fsp3) is 0.385. The number of likely N-dealkylation sites (tertiary alicyclic amines) is 1. The van der Waals surface area contributed by atoms with E-state index in [1.54, 1.807) is 0 Å². The molecule has 0 bridgehead atoms. The summed E-state index contributed by atoms with van der Waals surface area (Å²) in [6.45, 7) is 7.19. The van der Waals surface area contributed by atoms with E-state index in [4.69, 9.17) is 0 Å². The van der Waals surface area contributed by atoms with Crippen molar-refractivity contribution >= 4 is 5.91 Å². The number of hydrogen-bond donors (Lipinski definition) is 0. The van der Waals surface area contributed by atoms with Crippen molar-refractivity contribution in [1.82, 2.24) is 19.4 Å². The highest BCUT2D eigenvalue weighted by molar-refractivity contribution is 5.96. The number of nitrogens with zero attached hydrogens (tertiary/aromatic N) is 4. The highest BCUT2D eigenvalue weighted by Crippen LogP contribution is 2.24. The van der Waals surface area contributed by atoms with Crippen molar-refractivity contribution < 1.29 is 4.79 Å². The van der Waals surface area contributed by atoms with Gasteiger partial charge in [-0.3, -0.25) is 9.78 Å². The van der Waals surface area contributed by atoms with Gasteiger partial charge in [-0.1, -0.05) is 24.3 Å². The Bertz CT molecular complexity index is 1000. The van der Waals surface area contributed by atoms with Gasteiger partial charge in [-0.25, -0.2) is 0 Å². The third kappa shape index (κ3) is 4.72. The second-order valence-electron chi connectivity index (χ2n) is 8.52. The summed E-state index contributed by atoms with van der Waals surface area (Å²) in [7, 11) is 1.96. The van der Waals surface area contributed by atoms with E-state index in [-0.39, 0.29) is 5.91 Å². The van der Waals surface area contributed by atoms with Crippen LogP contribution in [0.2, 0.25) is 0 Å². The second kappa shape index (κ2) is 9.48. The van der Waals surface area contributed by atoms with Crippen LogP contribution in [-0.2, 0) is 6.42 Å². The molecule has 0 radical (unpaired) electrons. The van der Waals surface area contributed by atoms with Gasteiger partial charge in [-0.05, 0) is 57.0 Å². The van der Waals surface area contributed by atoms with E-state index in [0.717, 1.165) is 67.2 Å². The standard InChI is InChI=1S/C26H32N4O/c1-20-19-25(21(2)30(20)24-10-5-4-6-11-24)26(31)28(3)23-13-17-29(18-14-23)16-12-22-9-7-8-15-27-22/h4-11,15,19,23H,12-14,16-18H2,1-3H3. The van der Waals surface area contributed by atoms with Gasteiger partial charge in [0.2, 0.25) is 0 Å². The van der Waals surface area contributed by atoms with Crippen LogP contribution in [0.5, 0.6) is 0 Å². The molecule has 162 valence electrons. The Morgan fingerprint density at radius 1 is 1.06 bits per heavy atom. The van der Waals surface area contributed by atoms with Crippen LogP contribution in [0.25, 0.3) is 5.69 Å². The monoisotopic (exact) mass is 416 g/mol. The van der Waals surface area contributed by atoms with Gasteiger partial charge in [0.25, 0.3) is 5.91 Å². The molecule has 1 fully saturated rings. The molecule has 5 nitrogen and oxygen atoms in total. The first-order valence-corrected chi connectivity index (χ1v) is 11.2. The van der Waals surface area contributed by atoms with E-state index in [2.05, 4.69) is 39.6 Å². The first kappa shape index (κ1) is 21.3. The number of carbonyl (C=O) groups excluding carboxylic acids is 1. The third-order valence-corrected chi connectivity index (χ3v) is 6.51. The van der Waals surface area contributed by atoms with Gasteiger partial charge in [0.05, 0.1) is 5.56 Å². The molecule has 1 aliphatic heterocycles. The number of hydrogen-bond acceptors (Lipinski definition) is 3. The van der Waals surface area contributed by atoms with Crippen molar-refractivity contribution in [1.29, 1.82) is 0 Å². The molecule has 0 atom stereocenters.